The topological polar surface area (TPSA) is 149 Å². The largest absolute Gasteiger partial charge is 0.472 e. The molecule has 268 valence electrons. The molecule has 12 nitrogen and oxygen atoms in total. The molecule has 2 heterocycles. The number of methoxy groups -OCH3 is 1. The van der Waals surface area contributed by atoms with Crippen molar-refractivity contribution in [3.05, 3.63) is 54.6 Å². The van der Waals surface area contributed by atoms with Crippen molar-refractivity contribution in [2.75, 3.05) is 13.7 Å². The van der Waals surface area contributed by atoms with Crippen LogP contribution >= 0.6 is 0 Å². The second-order valence-corrected chi connectivity index (χ2v) is 14.9. The maximum Gasteiger partial charge on any atom is 0.408 e. The van der Waals surface area contributed by atoms with Gasteiger partial charge in [0.25, 0.3) is 0 Å². The second-order valence-electron chi connectivity index (χ2n) is 14.9. The molecule has 5 unspecified atom stereocenters. The lowest BCUT2D eigenvalue weighted by atomic mass is 9.85. The zero-order chi connectivity index (χ0) is 35.8. The third-order valence-corrected chi connectivity index (χ3v) is 10.1. The van der Waals surface area contributed by atoms with Crippen LogP contribution in [0.2, 0.25) is 0 Å². The average molecular weight is 692 g/mol. The Morgan fingerprint density at radius 2 is 1.80 bits per heavy atom. The van der Waals surface area contributed by atoms with Crippen LogP contribution in [0.3, 0.4) is 0 Å². The summed E-state index contributed by atoms with van der Waals surface area (Å²) in [5.41, 5.74) is -1.37. The number of likely N-dealkylation sites (tertiary alicyclic amines) is 1. The maximum absolute atomic E-state index is 14.8. The number of benzene rings is 1. The van der Waals surface area contributed by atoms with Crippen molar-refractivity contribution in [3.8, 4) is 17.1 Å². The number of carbonyl (C=O) groups is 4. The summed E-state index contributed by atoms with van der Waals surface area (Å²) in [5, 5.41) is 5.63. The van der Waals surface area contributed by atoms with E-state index in [9.17, 15) is 23.6 Å². The van der Waals surface area contributed by atoms with Gasteiger partial charge in [0, 0.05) is 29.9 Å². The highest BCUT2D eigenvalue weighted by molar-refractivity contribution is 5.96. The van der Waals surface area contributed by atoms with E-state index in [1.165, 1.54) is 18.1 Å². The van der Waals surface area contributed by atoms with Gasteiger partial charge in [0.1, 0.15) is 41.5 Å². The maximum atomic E-state index is 14.8. The normalized spacial score (nSPS) is 25.4. The number of esters is 1. The fourth-order valence-electron chi connectivity index (χ4n) is 6.99. The molecule has 2 N–H and O–H groups in total. The minimum absolute atomic E-state index is 0.0171. The Morgan fingerprint density at radius 3 is 2.42 bits per heavy atom. The summed E-state index contributed by atoms with van der Waals surface area (Å²) in [6.45, 7) is 9.22. The summed E-state index contributed by atoms with van der Waals surface area (Å²) in [5.74, 6) is -1.54. The number of rotatable bonds is 11. The zero-order valence-corrected chi connectivity index (χ0v) is 29.1. The second kappa shape index (κ2) is 14.0. The number of carbonyl (C=O) groups excluding carboxylic acids is 4. The van der Waals surface area contributed by atoms with Crippen LogP contribution in [0, 0.1) is 17.2 Å². The monoisotopic (exact) mass is 691 g/mol. The first kappa shape index (κ1) is 35.3. The molecule has 50 heavy (non-hydrogen) atoms. The van der Waals surface area contributed by atoms with Crippen molar-refractivity contribution < 1.29 is 37.8 Å². The average Bonchev–Trinajstić information content (AvgIpc) is 3.95. The fraction of sp³-hybridized carbons (Fsp3) is 0.568. The number of halogens is 1. The highest BCUT2D eigenvalue weighted by Gasteiger charge is 2.62. The smallest absolute Gasteiger partial charge is 0.408 e. The Balaban J connectivity index is 1.28. The Hall–Kier alpha value is -4.55. The van der Waals surface area contributed by atoms with Gasteiger partial charge in [-0.3, -0.25) is 9.59 Å². The van der Waals surface area contributed by atoms with Gasteiger partial charge in [0.2, 0.25) is 17.7 Å². The van der Waals surface area contributed by atoms with E-state index in [1.807, 2.05) is 20.8 Å². The van der Waals surface area contributed by atoms with Gasteiger partial charge < -0.3 is 29.7 Å². The minimum atomic E-state index is -1.28. The number of hydrogen-bond acceptors (Lipinski definition) is 9. The molecule has 2 aromatic rings. The van der Waals surface area contributed by atoms with Gasteiger partial charge in [0.05, 0.1) is 19.3 Å². The quantitative estimate of drug-likeness (QED) is 0.250. The molecule has 0 spiro atoms. The van der Waals surface area contributed by atoms with E-state index in [0.717, 1.165) is 38.5 Å². The van der Waals surface area contributed by atoms with Gasteiger partial charge in [-0.2, -0.15) is 4.98 Å². The summed E-state index contributed by atoms with van der Waals surface area (Å²) < 4.78 is 31.8. The van der Waals surface area contributed by atoms with Crippen LogP contribution in [0.5, 0.6) is 5.88 Å². The molecule has 0 bridgehead atoms. The van der Waals surface area contributed by atoms with Gasteiger partial charge in [0.15, 0.2) is 0 Å². The summed E-state index contributed by atoms with van der Waals surface area (Å²) >= 11 is 0. The molecule has 1 aromatic heterocycles. The predicted octanol–water partition coefficient (Wildman–Crippen LogP) is 4.83. The summed E-state index contributed by atoms with van der Waals surface area (Å²) in [7, 11) is 1.25. The molecule has 1 saturated heterocycles. The van der Waals surface area contributed by atoms with Crippen molar-refractivity contribution in [1.29, 1.82) is 0 Å². The van der Waals surface area contributed by atoms with E-state index in [0.29, 0.717) is 23.5 Å². The zero-order valence-electron chi connectivity index (χ0n) is 29.1. The third kappa shape index (κ3) is 7.46. The van der Waals surface area contributed by atoms with Crippen molar-refractivity contribution >= 4 is 23.9 Å². The van der Waals surface area contributed by atoms with Crippen molar-refractivity contribution in [2.45, 2.75) is 108 Å². The molecule has 6 rings (SSSR count). The van der Waals surface area contributed by atoms with Crippen LogP contribution in [-0.2, 0) is 23.9 Å². The van der Waals surface area contributed by atoms with Gasteiger partial charge in [-0.05, 0) is 62.5 Å². The summed E-state index contributed by atoms with van der Waals surface area (Å²) in [4.78, 5) is 65.0. The summed E-state index contributed by atoms with van der Waals surface area (Å²) in [6, 6.07) is 5.78. The van der Waals surface area contributed by atoms with Gasteiger partial charge >= 0.3 is 12.1 Å². The highest BCUT2D eigenvalue weighted by Crippen LogP contribution is 2.46. The molecular formula is C37H46FN5O7. The number of amides is 3. The lowest BCUT2D eigenvalue weighted by Crippen LogP contribution is -2.59. The van der Waals surface area contributed by atoms with Crippen molar-refractivity contribution in [1.82, 2.24) is 25.5 Å². The first-order valence-electron chi connectivity index (χ1n) is 17.4. The van der Waals surface area contributed by atoms with E-state index in [1.54, 1.807) is 30.3 Å². The van der Waals surface area contributed by atoms with Crippen LogP contribution in [0.15, 0.2) is 43.0 Å². The highest BCUT2D eigenvalue weighted by atomic mass is 19.1. The van der Waals surface area contributed by atoms with Crippen LogP contribution in [-0.4, -0.2) is 82.2 Å². The SMILES string of the molecule is C=CC1CC1(NC(=O)C1CC(Oc2cc(-c3ccccc3F)nc(C3CC3)n2)CN1C(=O)C(NC(=O)OC1CCCC1)C(C)(C)C)C(=O)OC. The standard InChI is InChI=1S/C37H46FN5O7/c1-6-22-19-37(22,34(46)48-5)42-32(44)28-17-24(20-43(28)33(45)30(36(2,3)4)41-35(47)50-23-11-7-8-12-23)49-29-18-27(25-13-9-10-14-26(25)38)39-31(40-29)21-15-16-21/h6,9-10,13-14,18,21-24,28,30H,1,7-8,11-12,15-17,19-20H2,2-5H3,(H,41,47)(H,42,44). The number of nitrogens with one attached hydrogen (secondary N) is 2. The lowest BCUT2D eigenvalue weighted by molar-refractivity contribution is -0.148. The van der Waals surface area contributed by atoms with E-state index < -0.39 is 58.8 Å². The fourth-order valence-corrected chi connectivity index (χ4v) is 6.99. The Labute approximate surface area is 291 Å². The number of alkyl carbamates (subject to hydrolysis) is 1. The van der Waals surface area contributed by atoms with E-state index in [-0.39, 0.29) is 36.8 Å². The number of hydrogen-bond donors (Lipinski definition) is 2. The van der Waals surface area contributed by atoms with Crippen LogP contribution < -0.4 is 15.4 Å². The predicted molar refractivity (Wildman–Crippen MR) is 180 cm³/mol. The Morgan fingerprint density at radius 1 is 1.08 bits per heavy atom. The van der Waals surface area contributed by atoms with Crippen LogP contribution in [0.1, 0.15) is 83.9 Å². The van der Waals surface area contributed by atoms with Crippen LogP contribution in [0.4, 0.5) is 9.18 Å². The van der Waals surface area contributed by atoms with Crippen molar-refractivity contribution in [3.63, 3.8) is 0 Å². The summed E-state index contributed by atoms with van der Waals surface area (Å²) in [6.07, 6.45) is 5.68. The first-order chi connectivity index (χ1) is 23.8. The van der Waals surface area contributed by atoms with Gasteiger partial charge in [-0.15, -0.1) is 6.58 Å². The molecule has 13 heteroatoms. The number of ether oxygens (including phenoxy) is 3. The van der Waals surface area contributed by atoms with Crippen LogP contribution in [0.25, 0.3) is 11.3 Å². The molecule has 1 aromatic carbocycles. The Kier molecular flexibility index (Phi) is 9.87. The van der Waals surface area contributed by atoms with Gasteiger partial charge in [-0.1, -0.05) is 39.0 Å². The molecule has 4 fully saturated rings. The number of nitrogens with zero attached hydrogens (tertiary/aromatic N) is 3. The number of aromatic nitrogens is 2. The molecule has 1 aliphatic heterocycles. The molecule has 5 atom stereocenters. The first-order valence-corrected chi connectivity index (χ1v) is 17.4. The molecule has 0 radical (unpaired) electrons. The van der Waals surface area contributed by atoms with E-state index in [2.05, 4.69) is 27.2 Å². The minimum Gasteiger partial charge on any atom is -0.472 e. The molecule has 3 amide bonds. The molecule has 3 aliphatic carbocycles. The third-order valence-electron chi connectivity index (χ3n) is 10.1. The lowest BCUT2D eigenvalue weighted by Gasteiger charge is -2.35. The molecule has 4 aliphatic rings. The van der Waals surface area contributed by atoms with E-state index >= 15 is 0 Å². The van der Waals surface area contributed by atoms with E-state index in [4.69, 9.17) is 14.2 Å². The van der Waals surface area contributed by atoms with Gasteiger partial charge in [-0.25, -0.2) is 19.0 Å². The molecule has 3 saturated carbocycles. The Bertz CT molecular complexity index is 1650. The molecular weight excluding hydrogens is 645 g/mol. The van der Waals surface area contributed by atoms with Crippen molar-refractivity contribution in [2.24, 2.45) is 11.3 Å².